The van der Waals surface area contributed by atoms with Crippen molar-refractivity contribution in [2.75, 3.05) is 4.90 Å². The number of nitrogens with zero attached hydrogens (tertiary/aromatic N) is 6. The molecule has 0 amide bonds. The average Bonchev–Trinajstić information content (AvgIpc) is 3.06. The Labute approximate surface area is 131 Å². The predicted octanol–water partition coefficient (Wildman–Crippen LogP) is 3.10. The minimum Gasteiger partial charge on any atom is -0.300 e. The van der Waals surface area contributed by atoms with E-state index < -0.39 is 0 Å². The van der Waals surface area contributed by atoms with E-state index in [0.717, 1.165) is 4.88 Å². The predicted molar refractivity (Wildman–Crippen MR) is 83.7 cm³/mol. The van der Waals surface area contributed by atoms with E-state index in [1.807, 2.05) is 24.0 Å². The third-order valence-electron chi connectivity index (χ3n) is 3.13. The SMILES string of the molecule is CC(c1ccc(C#N)s1)N(c1cnccn1)c1cnccn1. The van der Waals surface area contributed by atoms with Crippen LogP contribution in [0.1, 0.15) is 22.7 Å². The van der Waals surface area contributed by atoms with Gasteiger partial charge in [0, 0.05) is 29.7 Å². The molecular formula is C15H12N6S. The monoisotopic (exact) mass is 308 g/mol. The minimum atomic E-state index is -0.0412. The Balaban J connectivity index is 2.04. The molecule has 0 N–H and O–H groups in total. The molecule has 3 rings (SSSR count). The second-order valence-electron chi connectivity index (χ2n) is 4.49. The van der Waals surface area contributed by atoms with Crippen LogP contribution >= 0.6 is 11.3 Å². The summed E-state index contributed by atoms with van der Waals surface area (Å²) in [5.41, 5.74) is 0. The second kappa shape index (κ2) is 6.28. The highest BCUT2D eigenvalue weighted by atomic mass is 32.1. The summed E-state index contributed by atoms with van der Waals surface area (Å²) in [7, 11) is 0. The number of hydrogen-bond acceptors (Lipinski definition) is 7. The summed E-state index contributed by atoms with van der Waals surface area (Å²) in [6.07, 6.45) is 9.90. The van der Waals surface area contributed by atoms with Gasteiger partial charge in [0.05, 0.1) is 18.4 Å². The highest BCUT2D eigenvalue weighted by Gasteiger charge is 2.22. The molecule has 0 spiro atoms. The molecule has 0 aliphatic rings. The van der Waals surface area contributed by atoms with Crippen LogP contribution in [-0.2, 0) is 0 Å². The van der Waals surface area contributed by atoms with E-state index in [1.165, 1.54) is 11.3 Å². The number of anilines is 2. The van der Waals surface area contributed by atoms with Gasteiger partial charge in [0.2, 0.25) is 0 Å². The van der Waals surface area contributed by atoms with E-state index in [9.17, 15) is 0 Å². The van der Waals surface area contributed by atoms with Gasteiger partial charge in [-0.15, -0.1) is 11.3 Å². The molecule has 0 saturated carbocycles. The molecule has 0 aliphatic heterocycles. The van der Waals surface area contributed by atoms with Gasteiger partial charge in [0.15, 0.2) is 11.6 Å². The average molecular weight is 308 g/mol. The first-order valence-corrected chi connectivity index (χ1v) is 7.42. The van der Waals surface area contributed by atoms with Gasteiger partial charge in [-0.3, -0.25) is 9.97 Å². The third-order valence-corrected chi connectivity index (χ3v) is 4.29. The summed E-state index contributed by atoms with van der Waals surface area (Å²) in [6, 6.07) is 5.90. The van der Waals surface area contributed by atoms with Crippen LogP contribution in [0.25, 0.3) is 0 Å². The van der Waals surface area contributed by atoms with E-state index in [0.29, 0.717) is 16.5 Å². The van der Waals surface area contributed by atoms with E-state index >= 15 is 0 Å². The van der Waals surface area contributed by atoms with Gasteiger partial charge in [0.1, 0.15) is 10.9 Å². The molecule has 6 nitrogen and oxygen atoms in total. The lowest BCUT2D eigenvalue weighted by Gasteiger charge is -2.27. The van der Waals surface area contributed by atoms with E-state index in [2.05, 4.69) is 26.0 Å². The number of rotatable bonds is 4. The van der Waals surface area contributed by atoms with Crippen LogP contribution in [0, 0.1) is 11.3 Å². The maximum atomic E-state index is 9.01. The fourth-order valence-electron chi connectivity index (χ4n) is 2.11. The van der Waals surface area contributed by atoms with Crippen LogP contribution < -0.4 is 4.90 Å². The molecule has 3 aromatic rings. The first-order chi connectivity index (χ1) is 10.8. The molecule has 0 fully saturated rings. The van der Waals surface area contributed by atoms with Gasteiger partial charge in [-0.2, -0.15) is 5.26 Å². The van der Waals surface area contributed by atoms with Crippen molar-refractivity contribution in [1.82, 2.24) is 19.9 Å². The summed E-state index contributed by atoms with van der Waals surface area (Å²) < 4.78 is 0. The Morgan fingerprint density at radius 3 is 2.14 bits per heavy atom. The Morgan fingerprint density at radius 2 is 1.68 bits per heavy atom. The van der Waals surface area contributed by atoms with Crippen molar-refractivity contribution in [3.63, 3.8) is 0 Å². The first kappa shape index (κ1) is 14.1. The molecule has 3 heterocycles. The van der Waals surface area contributed by atoms with Crippen molar-refractivity contribution >= 4 is 23.0 Å². The third kappa shape index (κ3) is 2.77. The van der Waals surface area contributed by atoms with E-state index in [1.54, 1.807) is 37.2 Å². The van der Waals surface area contributed by atoms with E-state index in [-0.39, 0.29) is 6.04 Å². The number of hydrogen-bond donors (Lipinski definition) is 0. The lowest BCUT2D eigenvalue weighted by atomic mass is 10.2. The highest BCUT2D eigenvalue weighted by Crippen LogP contribution is 2.34. The lowest BCUT2D eigenvalue weighted by Crippen LogP contribution is -2.23. The molecule has 7 heteroatoms. The lowest BCUT2D eigenvalue weighted by molar-refractivity contribution is 0.760. The second-order valence-corrected chi connectivity index (χ2v) is 5.60. The largest absolute Gasteiger partial charge is 0.300 e. The summed E-state index contributed by atoms with van der Waals surface area (Å²) in [6.45, 7) is 2.04. The van der Waals surface area contributed by atoms with E-state index in [4.69, 9.17) is 5.26 Å². The molecule has 3 aromatic heterocycles. The highest BCUT2D eigenvalue weighted by molar-refractivity contribution is 7.12. The summed E-state index contributed by atoms with van der Waals surface area (Å²) >= 11 is 1.46. The van der Waals surface area contributed by atoms with Crippen molar-refractivity contribution in [1.29, 1.82) is 5.26 Å². The van der Waals surface area contributed by atoms with Crippen molar-refractivity contribution in [2.24, 2.45) is 0 Å². The molecule has 108 valence electrons. The molecular weight excluding hydrogens is 296 g/mol. The van der Waals surface area contributed by atoms with Gasteiger partial charge in [-0.25, -0.2) is 9.97 Å². The number of aromatic nitrogens is 4. The van der Waals surface area contributed by atoms with Crippen LogP contribution in [0.3, 0.4) is 0 Å². The molecule has 0 aromatic carbocycles. The first-order valence-electron chi connectivity index (χ1n) is 6.60. The van der Waals surface area contributed by atoms with Crippen molar-refractivity contribution in [3.05, 3.63) is 59.1 Å². The minimum absolute atomic E-state index is 0.0412. The molecule has 22 heavy (non-hydrogen) atoms. The Hall–Kier alpha value is -2.85. The molecule has 0 aliphatic carbocycles. The summed E-state index contributed by atoms with van der Waals surface area (Å²) in [4.78, 5) is 20.7. The van der Waals surface area contributed by atoms with Crippen LogP contribution in [-0.4, -0.2) is 19.9 Å². The Kier molecular flexibility index (Phi) is 4.03. The smallest absolute Gasteiger partial charge is 0.153 e. The molecule has 0 bridgehead atoms. The van der Waals surface area contributed by atoms with Crippen LogP contribution in [0.2, 0.25) is 0 Å². The van der Waals surface area contributed by atoms with Gasteiger partial charge in [-0.05, 0) is 19.1 Å². The van der Waals surface area contributed by atoms with Crippen molar-refractivity contribution in [2.45, 2.75) is 13.0 Å². The number of thiophene rings is 1. The van der Waals surface area contributed by atoms with Gasteiger partial charge < -0.3 is 4.90 Å². The zero-order chi connectivity index (χ0) is 15.4. The summed E-state index contributed by atoms with van der Waals surface area (Å²) in [5, 5.41) is 9.01. The Morgan fingerprint density at radius 1 is 1.05 bits per heavy atom. The maximum absolute atomic E-state index is 9.01. The molecule has 1 unspecified atom stereocenters. The fourth-order valence-corrected chi connectivity index (χ4v) is 2.96. The van der Waals surface area contributed by atoms with Crippen LogP contribution in [0.15, 0.2) is 49.3 Å². The quantitative estimate of drug-likeness (QED) is 0.737. The normalized spacial score (nSPS) is 11.6. The maximum Gasteiger partial charge on any atom is 0.153 e. The zero-order valence-corrected chi connectivity index (χ0v) is 12.6. The Bertz CT molecular complexity index is 741. The van der Waals surface area contributed by atoms with Crippen molar-refractivity contribution < 1.29 is 0 Å². The van der Waals surface area contributed by atoms with Gasteiger partial charge in [-0.1, -0.05) is 0 Å². The van der Waals surface area contributed by atoms with Gasteiger partial charge in [0.25, 0.3) is 0 Å². The summed E-state index contributed by atoms with van der Waals surface area (Å²) in [5.74, 6) is 1.37. The van der Waals surface area contributed by atoms with Crippen molar-refractivity contribution in [3.8, 4) is 6.07 Å². The molecule has 0 saturated heterocycles. The molecule has 0 radical (unpaired) electrons. The van der Waals surface area contributed by atoms with Gasteiger partial charge >= 0.3 is 0 Å². The number of nitriles is 1. The van der Waals surface area contributed by atoms with Crippen LogP contribution in [0.4, 0.5) is 11.6 Å². The fraction of sp³-hybridized carbons (Fsp3) is 0.133. The molecule has 1 atom stereocenters. The zero-order valence-electron chi connectivity index (χ0n) is 11.8. The topological polar surface area (TPSA) is 78.6 Å². The standard InChI is InChI=1S/C15H12N6S/c1-11(13-3-2-12(8-16)22-13)21(14-9-17-4-6-19-14)15-10-18-5-7-20-15/h2-7,9-11H,1H3. The van der Waals surface area contributed by atoms with Crippen LogP contribution in [0.5, 0.6) is 0 Å².